The second-order valence-corrected chi connectivity index (χ2v) is 5.45. The first-order valence-electron chi connectivity index (χ1n) is 6.39. The minimum absolute atomic E-state index is 0.00625. The lowest BCUT2D eigenvalue weighted by atomic mass is 9.99. The van der Waals surface area contributed by atoms with E-state index in [0.717, 1.165) is 21.2 Å². The SMILES string of the molecule is COC(C(=O)c1cccc2ccsc12)c1ccccc1. The van der Waals surface area contributed by atoms with Crippen LogP contribution >= 0.6 is 11.3 Å². The second-order valence-electron chi connectivity index (χ2n) is 4.54. The van der Waals surface area contributed by atoms with Gasteiger partial charge in [-0.1, -0.05) is 42.5 Å². The van der Waals surface area contributed by atoms with Gasteiger partial charge in [0.05, 0.1) is 0 Å². The van der Waals surface area contributed by atoms with E-state index in [-0.39, 0.29) is 5.78 Å². The lowest BCUT2D eigenvalue weighted by Crippen LogP contribution is -2.14. The molecule has 0 aliphatic carbocycles. The molecule has 3 aromatic rings. The van der Waals surface area contributed by atoms with E-state index in [2.05, 4.69) is 0 Å². The van der Waals surface area contributed by atoms with E-state index in [1.54, 1.807) is 18.4 Å². The second kappa shape index (κ2) is 5.57. The molecule has 1 aromatic heterocycles. The highest BCUT2D eigenvalue weighted by Gasteiger charge is 2.23. The smallest absolute Gasteiger partial charge is 0.197 e. The van der Waals surface area contributed by atoms with Gasteiger partial charge in [0, 0.05) is 17.4 Å². The molecule has 2 aromatic carbocycles. The van der Waals surface area contributed by atoms with Crippen molar-refractivity contribution in [3.05, 3.63) is 71.1 Å². The van der Waals surface area contributed by atoms with Crippen LogP contribution in [0.5, 0.6) is 0 Å². The van der Waals surface area contributed by atoms with E-state index < -0.39 is 6.10 Å². The Bertz CT molecular complexity index is 731. The van der Waals surface area contributed by atoms with Gasteiger partial charge in [-0.2, -0.15) is 0 Å². The van der Waals surface area contributed by atoms with Crippen molar-refractivity contribution >= 4 is 27.2 Å². The number of carbonyl (C=O) groups is 1. The maximum Gasteiger partial charge on any atom is 0.197 e. The van der Waals surface area contributed by atoms with Crippen LogP contribution in [0.1, 0.15) is 22.0 Å². The summed E-state index contributed by atoms with van der Waals surface area (Å²) in [6.45, 7) is 0. The number of methoxy groups -OCH3 is 1. The van der Waals surface area contributed by atoms with Crippen molar-refractivity contribution in [2.24, 2.45) is 0 Å². The maximum atomic E-state index is 12.8. The fraction of sp³-hybridized carbons (Fsp3) is 0.118. The van der Waals surface area contributed by atoms with Crippen LogP contribution in [-0.4, -0.2) is 12.9 Å². The summed E-state index contributed by atoms with van der Waals surface area (Å²) in [6, 6.07) is 17.4. The minimum atomic E-state index is -0.552. The van der Waals surface area contributed by atoms with Crippen molar-refractivity contribution in [3.63, 3.8) is 0 Å². The quantitative estimate of drug-likeness (QED) is 0.660. The Morgan fingerprint density at radius 2 is 1.85 bits per heavy atom. The molecule has 0 aliphatic rings. The van der Waals surface area contributed by atoms with Crippen molar-refractivity contribution in [2.75, 3.05) is 7.11 Å². The highest BCUT2D eigenvalue weighted by molar-refractivity contribution is 7.17. The van der Waals surface area contributed by atoms with Gasteiger partial charge in [0.25, 0.3) is 0 Å². The summed E-state index contributed by atoms with van der Waals surface area (Å²) in [7, 11) is 1.57. The Labute approximate surface area is 121 Å². The maximum absolute atomic E-state index is 12.8. The number of hydrogen-bond acceptors (Lipinski definition) is 3. The van der Waals surface area contributed by atoms with Crippen LogP contribution in [0.25, 0.3) is 10.1 Å². The topological polar surface area (TPSA) is 26.3 Å². The van der Waals surface area contributed by atoms with Gasteiger partial charge >= 0.3 is 0 Å². The van der Waals surface area contributed by atoms with Gasteiger partial charge in [0.1, 0.15) is 6.10 Å². The monoisotopic (exact) mass is 282 g/mol. The van der Waals surface area contributed by atoms with Crippen molar-refractivity contribution in [1.29, 1.82) is 0 Å². The molecule has 0 spiro atoms. The molecule has 1 heterocycles. The first-order valence-corrected chi connectivity index (χ1v) is 7.27. The van der Waals surface area contributed by atoms with Crippen LogP contribution in [0.15, 0.2) is 60.0 Å². The number of ketones is 1. The van der Waals surface area contributed by atoms with Gasteiger partial charge in [-0.05, 0) is 28.5 Å². The third-order valence-corrected chi connectivity index (χ3v) is 4.28. The molecule has 0 saturated heterocycles. The van der Waals surface area contributed by atoms with Gasteiger partial charge in [0.15, 0.2) is 5.78 Å². The average Bonchev–Trinajstić information content (AvgIpc) is 2.97. The van der Waals surface area contributed by atoms with Gasteiger partial charge in [-0.3, -0.25) is 4.79 Å². The number of carbonyl (C=O) groups excluding carboxylic acids is 1. The van der Waals surface area contributed by atoms with E-state index >= 15 is 0 Å². The van der Waals surface area contributed by atoms with E-state index in [1.807, 2.05) is 60.0 Å². The highest BCUT2D eigenvalue weighted by atomic mass is 32.1. The molecule has 1 unspecified atom stereocenters. The molecular weight excluding hydrogens is 268 g/mol. The van der Waals surface area contributed by atoms with Gasteiger partial charge in [0.2, 0.25) is 0 Å². The summed E-state index contributed by atoms with van der Waals surface area (Å²) in [5, 5.41) is 3.11. The zero-order chi connectivity index (χ0) is 13.9. The van der Waals surface area contributed by atoms with E-state index in [4.69, 9.17) is 4.74 Å². The number of hydrogen-bond donors (Lipinski definition) is 0. The number of thiophene rings is 1. The highest BCUT2D eigenvalue weighted by Crippen LogP contribution is 2.29. The summed E-state index contributed by atoms with van der Waals surface area (Å²) < 4.78 is 6.46. The lowest BCUT2D eigenvalue weighted by Gasteiger charge is -2.15. The molecule has 3 rings (SSSR count). The Morgan fingerprint density at radius 3 is 2.60 bits per heavy atom. The van der Waals surface area contributed by atoms with Crippen LogP contribution in [-0.2, 0) is 4.74 Å². The number of Topliss-reactive ketones (excluding diaryl/α,β-unsaturated/α-hetero) is 1. The standard InChI is InChI=1S/C17H14O2S/c1-19-16(12-6-3-2-4-7-12)15(18)14-9-5-8-13-10-11-20-17(13)14/h2-11,16H,1H3. The third-order valence-electron chi connectivity index (χ3n) is 3.32. The molecule has 0 bridgehead atoms. The summed E-state index contributed by atoms with van der Waals surface area (Å²) in [5.74, 6) is 0.00625. The van der Waals surface area contributed by atoms with Crippen LogP contribution in [0.2, 0.25) is 0 Å². The predicted molar refractivity (Wildman–Crippen MR) is 82.3 cm³/mol. The molecular formula is C17H14O2S. The van der Waals surface area contributed by atoms with Crippen LogP contribution in [0, 0.1) is 0 Å². The van der Waals surface area contributed by atoms with E-state index in [0.29, 0.717) is 0 Å². The molecule has 100 valence electrons. The normalized spacial score (nSPS) is 12.4. The third kappa shape index (κ3) is 2.26. The fourth-order valence-electron chi connectivity index (χ4n) is 2.35. The molecule has 0 amide bonds. The van der Waals surface area contributed by atoms with Crippen molar-refractivity contribution in [3.8, 4) is 0 Å². The summed E-state index contributed by atoms with van der Waals surface area (Å²) in [4.78, 5) is 12.8. The predicted octanol–water partition coefficient (Wildman–Crippen LogP) is 4.47. The fourth-order valence-corrected chi connectivity index (χ4v) is 3.27. The van der Waals surface area contributed by atoms with Crippen LogP contribution in [0.3, 0.4) is 0 Å². The molecule has 1 atom stereocenters. The van der Waals surface area contributed by atoms with Gasteiger partial charge in [-0.25, -0.2) is 0 Å². The first kappa shape index (κ1) is 13.0. The Hall–Kier alpha value is -1.97. The average molecular weight is 282 g/mol. The molecule has 2 nitrogen and oxygen atoms in total. The summed E-state index contributed by atoms with van der Waals surface area (Å²) in [6.07, 6.45) is -0.552. The Kier molecular flexibility index (Phi) is 3.63. The minimum Gasteiger partial charge on any atom is -0.369 e. The summed E-state index contributed by atoms with van der Waals surface area (Å²) >= 11 is 1.59. The van der Waals surface area contributed by atoms with Gasteiger partial charge < -0.3 is 4.74 Å². The number of fused-ring (bicyclic) bond motifs is 1. The molecule has 20 heavy (non-hydrogen) atoms. The van der Waals surface area contributed by atoms with Crippen molar-refractivity contribution < 1.29 is 9.53 Å². The zero-order valence-electron chi connectivity index (χ0n) is 11.1. The van der Waals surface area contributed by atoms with E-state index in [1.165, 1.54) is 0 Å². The Morgan fingerprint density at radius 1 is 1.05 bits per heavy atom. The molecule has 0 fully saturated rings. The van der Waals surface area contributed by atoms with Crippen molar-refractivity contribution in [2.45, 2.75) is 6.10 Å². The first-order chi connectivity index (χ1) is 9.81. The van der Waals surface area contributed by atoms with E-state index in [9.17, 15) is 4.79 Å². The van der Waals surface area contributed by atoms with Crippen LogP contribution in [0.4, 0.5) is 0 Å². The van der Waals surface area contributed by atoms with Crippen molar-refractivity contribution in [1.82, 2.24) is 0 Å². The lowest BCUT2D eigenvalue weighted by molar-refractivity contribution is 0.0606. The summed E-state index contributed by atoms with van der Waals surface area (Å²) in [5.41, 5.74) is 1.61. The molecule has 3 heteroatoms. The number of ether oxygens (including phenoxy) is 1. The number of benzene rings is 2. The van der Waals surface area contributed by atoms with Gasteiger partial charge in [-0.15, -0.1) is 11.3 Å². The molecule has 0 N–H and O–H groups in total. The molecule has 0 radical (unpaired) electrons. The number of rotatable bonds is 4. The Balaban J connectivity index is 2.05. The van der Waals surface area contributed by atoms with Crippen LogP contribution < -0.4 is 0 Å². The molecule has 0 aliphatic heterocycles. The zero-order valence-corrected chi connectivity index (χ0v) is 11.9. The molecule has 0 saturated carbocycles. The largest absolute Gasteiger partial charge is 0.369 e.